The Morgan fingerprint density at radius 1 is 1.14 bits per heavy atom. The summed E-state index contributed by atoms with van der Waals surface area (Å²) in [6, 6.07) is 14.2. The molecular formula is C16H13ClN2O2. The van der Waals surface area contributed by atoms with Crippen molar-refractivity contribution in [3.8, 4) is 5.75 Å². The predicted octanol–water partition coefficient (Wildman–Crippen LogP) is 3.50. The Balaban J connectivity index is 1.90. The van der Waals surface area contributed by atoms with Crippen LogP contribution in [-0.2, 0) is 6.54 Å². The maximum Gasteiger partial charge on any atom is 0.253 e. The van der Waals surface area contributed by atoms with Crippen molar-refractivity contribution in [2.45, 2.75) is 6.54 Å². The number of aromatic hydroxyl groups is 1. The van der Waals surface area contributed by atoms with Crippen LogP contribution in [0.5, 0.6) is 5.75 Å². The average molecular weight is 301 g/mol. The Labute approximate surface area is 126 Å². The van der Waals surface area contributed by atoms with Crippen LogP contribution in [0.15, 0.2) is 53.3 Å². The highest BCUT2D eigenvalue weighted by Crippen LogP contribution is 2.26. The third-order valence-electron chi connectivity index (χ3n) is 3.26. The number of rotatable bonds is 3. The zero-order valence-corrected chi connectivity index (χ0v) is 11.8. The van der Waals surface area contributed by atoms with Crippen LogP contribution in [0.2, 0.25) is 5.02 Å². The van der Waals surface area contributed by atoms with E-state index in [0.717, 1.165) is 10.9 Å². The summed E-state index contributed by atoms with van der Waals surface area (Å²) in [6.45, 7) is 0.300. The summed E-state index contributed by atoms with van der Waals surface area (Å²) >= 11 is 5.89. The summed E-state index contributed by atoms with van der Waals surface area (Å²) in [6.07, 6.45) is 0. The highest BCUT2D eigenvalue weighted by molar-refractivity contribution is 6.30. The van der Waals surface area contributed by atoms with Gasteiger partial charge < -0.3 is 15.4 Å². The number of anilines is 1. The fourth-order valence-corrected chi connectivity index (χ4v) is 2.34. The lowest BCUT2D eigenvalue weighted by molar-refractivity contribution is 0.477. The molecule has 2 aromatic carbocycles. The number of aromatic nitrogens is 1. The van der Waals surface area contributed by atoms with Crippen molar-refractivity contribution >= 4 is 28.2 Å². The third-order valence-corrected chi connectivity index (χ3v) is 3.49. The highest BCUT2D eigenvalue weighted by atomic mass is 35.5. The fraction of sp³-hybridized carbons (Fsp3) is 0.0625. The van der Waals surface area contributed by atoms with Crippen LogP contribution in [0.25, 0.3) is 10.9 Å². The van der Waals surface area contributed by atoms with Crippen molar-refractivity contribution in [2.24, 2.45) is 0 Å². The molecule has 0 aliphatic heterocycles. The van der Waals surface area contributed by atoms with Gasteiger partial charge in [0.05, 0.1) is 5.69 Å². The van der Waals surface area contributed by atoms with Crippen molar-refractivity contribution in [2.75, 3.05) is 5.32 Å². The number of nitrogens with one attached hydrogen (secondary N) is 2. The van der Waals surface area contributed by atoms with E-state index in [0.29, 0.717) is 22.8 Å². The third kappa shape index (κ3) is 2.85. The van der Waals surface area contributed by atoms with E-state index < -0.39 is 0 Å². The normalized spacial score (nSPS) is 10.7. The number of phenolic OH excluding ortho intramolecular Hbond substituents is 1. The topological polar surface area (TPSA) is 65.1 Å². The minimum atomic E-state index is -0.150. The molecule has 21 heavy (non-hydrogen) atoms. The van der Waals surface area contributed by atoms with Crippen LogP contribution in [-0.4, -0.2) is 10.1 Å². The number of hydrogen-bond acceptors (Lipinski definition) is 3. The molecule has 3 rings (SSSR count). The standard InChI is InChI=1S/C16H13ClN2O2/c17-12-5-6-15(20)14(8-12)18-9-11-7-10-3-1-2-4-13(10)19-16(11)21/h1-8,18,20H,9H2,(H,19,21). The predicted molar refractivity (Wildman–Crippen MR) is 85.0 cm³/mol. The van der Waals surface area contributed by atoms with Gasteiger partial charge in [-0.3, -0.25) is 4.79 Å². The number of hydrogen-bond donors (Lipinski definition) is 3. The summed E-state index contributed by atoms with van der Waals surface area (Å²) in [4.78, 5) is 14.9. The van der Waals surface area contributed by atoms with Crippen LogP contribution in [0.1, 0.15) is 5.56 Å². The number of para-hydroxylation sites is 1. The lowest BCUT2D eigenvalue weighted by atomic mass is 10.1. The summed E-state index contributed by atoms with van der Waals surface area (Å²) in [5, 5.41) is 14.2. The second-order valence-corrected chi connectivity index (χ2v) is 5.16. The van der Waals surface area contributed by atoms with Gasteiger partial charge in [0.25, 0.3) is 5.56 Å². The average Bonchev–Trinajstić information content (AvgIpc) is 2.48. The van der Waals surface area contributed by atoms with Gasteiger partial charge >= 0.3 is 0 Å². The molecule has 0 aliphatic rings. The molecule has 106 valence electrons. The monoisotopic (exact) mass is 300 g/mol. The Hall–Kier alpha value is -2.46. The smallest absolute Gasteiger partial charge is 0.253 e. The molecule has 0 unspecified atom stereocenters. The van der Waals surface area contributed by atoms with Crippen molar-refractivity contribution in [1.29, 1.82) is 0 Å². The molecule has 0 atom stereocenters. The van der Waals surface area contributed by atoms with Gasteiger partial charge in [-0.25, -0.2) is 0 Å². The summed E-state index contributed by atoms with van der Waals surface area (Å²) in [5.41, 5.74) is 1.74. The van der Waals surface area contributed by atoms with Crippen LogP contribution in [0, 0.1) is 0 Å². The second kappa shape index (κ2) is 5.50. The summed E-state index contributed by atoms with van der Waals surface area (Å²) < 4.78 is 0. The number of phenols is 1. The second-order valence-electron chi connectivity index (χ2n) is 4.73. The Morgan fingerprint density at radius 3 is 2.81 bits per heavy atom. The lowest BCUT2D eigenvalue weighted by Crippen LogP contribution is -2.15. The molecular weight excluding hydrogens is 288 g/mol. The first-order chi connectivity index (χ1) is 10.1. The van der Waals surface area contributed by atoms with Crippen LogP contribution in [0.3, 0.4) is 0 Å². The number of H-pyrrole nitrogens is 1. The molecule has 0 fully saturated rings. The molecule has 0 radical (unpaired) electrons. The molecule has 4 nitrogen and oxygen atoms in total. The molecule has 0 saturated heterocycles. The maximum atomic E-state index is 12.0. The van der Waals surface area contributed by atoms with E-state index in [-0.39, 0.29) is 11.3 Å². The van der Waals surface area contributed by atoms with Gasteiger partial charge in [-0.2, -0.15) is 0 Å². The maximum absolute atomic E-state index is 12.0. The number of halogens is 1. The Kier molecular flexibility index (Phi) is 3.54. The zero-order chi connectivity index (χ0) is 14.8. The van der Waals surface area contributed by atoms with Crippen molar-refractivity contribution in [3.05, 3.63) is 69.5 Å². The first kappa shape index (κ1) is 13.5. The van der Waals surface area contributed by atoms with Gasteiger partial charge in [-0.1, -0.05) is 29.8 Å². The van der Waals surface area contributed by atoms with E-state index in [1.165, 1.54) is 6.07 Å². The first-order valence-electron chi connectivity index (χ1n) is 6.47. The summed E-state index contributed by atoms with van der Waals surface area (Å²) in [7, 11) is 0. The first-order valence-corrected chi connectivity index (χ1v) is 6.84. The van der Waals surface area contributed by atoms with Gasteiger partial charge in [0.15, 0.2) is 0 Å². The molecule has 0 amide bonds. The molecule has 0 saturated carbocycles. The fourth-order valence-electron chi connectivity index (χ4n) is 2.16. The van der Waals surface area contributed by atoms with Gasteiger partial charge in [0.1, 0.15) is 5.75 Å². The largest absolute Gasteiger partial charge is 0.506 e. The molecule has 0 spiro atoms. The number of aromatic amines is 1. The van der Waals surface area contributed by atoms with E-state index in [1.54, 1.807) is 12.1 Å². The zero-order valence-electron chi connectivity index (χ0n) is 11.1. The van der Waals surface area contributed by atoms with Crippen molar-refractivity contribution in [3.63, 3.8) is 0 Å². The number of fused-ring (bicyclic) bond motifs is 1. The molecule has 1 aromatic heterocycles. The number of pyridine rings is 1. The minimum absolute atomic E-state index is 0.0941. The quantitative estimate of drug-likeness (QED) is 0.649. The van der Waals surface area contributed by atoms with Crippen LogP contribution < -0.4 is 10.9 Å². The molecule has 1 heterocycles. The molecule has 0 aliphatic carbocycles. The van der Waals surface area contributed by atoms with Gasteiger partial charge in [0.2, 0.25) is 0 Å². The van der Waals surface area contributed by atoms with E-state index in [4.69, 9.17) is 11.6 Å². The van der Waals surface area contributed by atoms with E-state index in [1.807, 2.05) is 30.3 Å². The highest BCUT2D eigenvalue weighted by Gasteiger charge is 2.05. The number of benzene rings is 2. The van der Waals surface area contributed by atoms with E-state index >= 15 is 0 Å². The van der Waals surface area contributed by atoms with Crippen molar-refractivity contribution < 1.29 is 5.11 Å². The van der Waals surface area contributed by atoms with Crippen LogP contribution >= 0.6 is 11.6 Å². The van der Waals surface area contributed by atoms with Crippen molar-refractivity contribution in [1.82, 2.24) is 4.98 Å². The minimum Gasteiger partial charge on any atom is -0.506 e. The Morgan fingerprint density at radius 2 is 1.95 bits per heavy atom. The SMILES string of the molecule is O=c1[nH]c2ccccc2cc1CNc1cc(Cl)ccc1O. The van der Waals surface area contributed by atoms with E-state index in [2.05, 4.69) is 10.3 Å². The molecule has 5 heteroatoms. The molecule has 3 aromatic rings. The lowest BCUT2D eigenvalue weighted by Gasteiger charge is -2.09. The summed E-state index contributed by atoms with van der Waals surface area (Å²) in [5.74, 6) is 0.0941. The molecule has 0 bridgehead atoms. The van der Waals surface area contributed by atoms with E-state index in [9.17, 15) is 9.90 Å². The van der Waals surface area contributed by atoms with Crippen LogP contribution in [0.4, 0.5) is 5.69 Å². The van der Waals surface area contributed by atoms with Gasteiger partial charge in [-0.05, 0) is 35.7 Å². The Bertz CT molecular complexity index is 858. The van der Waals surface area contributed by atoms with Gasteiger partial charge in [0, 0.05) is 22.6 Å². The van der Waals surface area contributed by atoms with Gasteiger partial charge in [-0.15, -0.1) is 0 Å². The molecule has 3 N–H and O–H groups in total.